The van der Waals surface area contributed by atoms with Crippen LogP contribution in [0.5, 0.6) is 11.5 Å². The lowest BCUT2D eigenvalue weighted by Gasteiger charge is -2.19. The van der Waals surface area contributed by atoms with Crippen molar-refractivity contribution in [2.24, 2.45) is 0 Å². The van der Waals surface area contributed by atoms with Crippen molar-refractivity contribution in [2.45, 2.75) is 65.7 Å². The molecule has 0 radical (unpaired) electrons. The Hall–Kier alpha value is -4.40. The van der Waals surface area contributed by atoms with Gasteiger partial charge >= 0.3 is 11.9 Å². The van der Waals surface area contributed by atoms with Gasteiger partial charge in [-0.3, -0.25) is 0 Å². The second-order valence-corrected chi connectivity index (χ2v) is 11.6. The van der Waals surface area contributed by atoms with Crippen LogP contribution < -0.4 is 9.47 Å². The number of ether oxygens (including phenoxy) is 4. The van der Waals surface area contributed by atoms with Crippen LogP contribution in [0.2, 0.25) is 0 Å². The molecule has 0 unspecified atom stereocenters. The van der Waals surface area contributed by atoms with Gasteiger partial charge in [0.15, 0.2) is 0 Å². The number of hydrogen-bond donors (Lipinski definition) is 2. The lowest BCUT2D eigenvalue weighted by molar-refractivity contribution is -0.141. The van der Waals surface area contributed by atoms with E-state index in [1.807, 2.05) is 18.2 Å². The Kier molecular flexibility index (Phi) is 15.9. The third kappa shape index (κ3) is 11.1. The second kappa shape index (κ2) is 20.1. The third-order valence-corrected chi connectivity index (χ3v) is 8.16. The zero-order valence-corrected chi connectivity index (χ0v) is 28.6. The Morgan fingerprint density at radius 1 is 0.688 bits per heavy atom. The summed E-state index contributed by atoms with van der Waals surface area (Å²) in [5.74, 6) is 0.168. The van der Waals surface area contributed by atoms with Crippen LogP contribution in [0.4, 0.5) is 0 Å². The Labute approximate surface area is 285 Å². The minimum absolute atomic E-state index is 0.0124. The quantitative estimate of drug-likeness (QED) is 0.0695. The molecule has 3 aromatic carbocycles. The normalized spacial score (nSPS) is 10.8. The zero-order valence-electron chi connectivity index (χ0n) is 28.6. The Morgan fingerprint density at radius 3 is 1.88 bits per heavy atom. The van der Waals surface area contributed by atoms with Crippen LogP contribution >= 0.6 is 0 Å². The summed E-state index contributed by atoms with van der Waals surface area (Å²) < 4.78 is 21.9. The molecule has 0 aliphatic heterocycles. The van der Waals surface area contributed by atoms with E-state index >= 15 is 0 Å². The summed E-state index contributed by atoms with van der Waals surface area (Å²) in [5, 5.41) is 18.0. The second-order valence-electron chi connectivity index (χ2n) is 11.6. The van der Waals surface area contributed by atoms with Crippen LogP contribution in [0.25, 0.3) is 22.3 Å². The standard InChI is InChI=1S/C40H50O8/c1-6-8-9-10-11-12-36-30(5)35(33-15-20-38(31(7-2)25-33)46-22-24-48-40(44)29(4)27-42)18-19-37(36)32-13-16-34(17-14-32)45-21-23-47-39(43)28(3)26-41/h13-20,25,41-42H,3-4,6-12,21-24,26-27H2,1-2,5H3. The van der Waals surface area contributed by atoms with Crippen molar-refractivity contribution in [3.63, 3.8) is 0 Å². The van der Waals surface area contributed by atoms with E-state index in [9.17, 15) is 9.59 Å². The maximum atomic E-state index is 11.7. The number of rotatable bonds is 21. The molecule has 2 N–H and O–H groups in total. The molecule has 0 aromatic heterocycles. The van der Waals surface area contributed by atoms with Crippen molar-refractivity contribution in [3.05, 3.63) is 95.6 Å². The van der Waals surface area contributed by atoms with E-state index in [4.69, 9.17) is 29.2 Å². The van der Waals surface area contributed by atoms with Crippen molar-refractivity contribution < 1.29 is 38.7 Å². The van der Waals surface area contributed by atoms with Crippen LogP contribution in [0.15, 0.2) is 78.9 Å². The van der Waals surface area contributed by atoms with Crippen molar-refractivity contribution >= 4 is 11.9 Å². The summed E-state index contributed by atoms with van der Waals surface area (Å²) >= 11 is 0. The summed E-state index contributed by atoms with van der Waals surface area (Å²) in [4.78, 5) is 23.4. The van der Waals surface area contributed by atoms with Gasteiger partial charge in [-0.2, -0.15) is 0 Å². The predicted molar refractivity (Wildman–Crippen MR) is 189 cm³/mol. The highest BCUT2D eigenvalue weighted by Crippen LogP contribution is 2.36. The molecule has 0 bridgehead atoms. The van der Waals surface area contributed by atoms with E-state index in [1.165, 1.54) is 47.9 Å². The van der Waals surface area contributed by atoms with Crippen LogP contribution in [0.3, 0.4) is 0 Å². The third-order valence-electron chi connectivity index (χ3n) is 8.16. The van der Waals surface area contributed by atoms with Crippen LogP contribution in [0, 0.1) is 6.92 Å². The van der Waals surface area contributed by atoms with E-state index in [2.05, 4.69) is 70.3 Å². The molecule has 0 aliphatic rings. The molecule has 3 aromatic rings. The van der Waals surface area contributed by atoms with Crippen LogP contribution in [0.1, 0.15) is 62.6 Å². The molecule has 8 heteroatoms. The zero-order chi connectivity index (χ0) is 34.9. The van der Waals surface area contributed by atoms with Crippen molar-refractivity contribution in [1.82, 2.24) is 0 Å². The van der Waals surface area contributed by atoms with Gasteiger partial charge in [0.1, 0.15) is 37.9 Å². The summed E-state index contributed by atoms with van der Waals surface area (Å²) in [5.41, 5.74) is 8.27. The molecular weight excluding hydrogens is 608 g/mol. The minimum Gasteiger partial charge on any atom is -0.490 e. The van der Waals surface area contributed by atoms with E-state index in [0.717, 1.165) is 41.7 Å². The van der Waals surface area contributed by atoms with E-state index in [0.29, 0.717) is 5.75 Å². The van der Waals surface area contributed by atoms with Gasteiger partial charge in [-0.15, -0.1) is 0 Å². The first-order chi connectivity index (χ1) is 23.2. The average Bonchev–Trinajstić information content (AvgIpc) is 3.11. The molecule has 3 rings (SSSR count). The molecule has 8 nitrogen and oxygen atoms in total. The highest BCUT2D eigenvalue weighted by atomic mass is 16.6. The van der Waals surface area contributed by atoms with Gasteiger partial charge in [-0.25, -0.2) is 9.59 Å². The van der Waals surface area contributed by atoms with E-state index < -0.39 is 25.2 Å². The summed E-state index contributed by atoms with van der Waals surface area (Å²) in [7, 11) is 0. The van der Waals surface area contributed by atoms with Gasteiger partial charge in [0.2, 0.25) is 0 Å². The summed E-state index contributed by atoms with van der Waals surface area (Å²) in [6, 6.07) is 18.6. The molecular formula is C40H50O8. The van der Waals surface area contributed by atoms with Gasteiger partial charge in [-0.1, -0.05) is 83.0 Å². The highest BCUT2D eigenvalue weighted by molar-refractivity contribution is 5.88. The van der Waals surface area contributed by atoms with Crippen LogP contribution in [-0.2, 0) is 31.9 Å². The Bertz CT molecular complexity index is 1520. The fourth-order valence-electron chi connectivity index (χ4n) is 5.38. The monoisotopic (exact) mass is 658 g/mol. The van der Waals surface area contributed by atoms with Gasteiger partial charge < -0.3 is 29.2 Å². The smallest absolute Gasteiger partial charge is 0.335 e. The summed E-state index contributed by atoms with van der Waals surface area (Å²) in [6.45, 7) is 13.1. The molecule has 0 saturated carbocycles. The molecule has 258 valence electrons. The number of hydrogen-bond acceptors (Lipinski definition) is 8. The molecule has 0 fully saturated rings. The lowest BCUT2D eigenvalue weighted by Crippen LogP contribution is -2.15. The first-order valence-corrected chi connectivity index (χ1v) is 16.8. The minimum atomic E-state index is -0.630. The first kappa shape index (κ1) is 38.1. The van der Waals surface area contributed by atoms with Crippen molar-refractivity contribution in [1.29, 1.82) is 0 Å². The summed E-state index contributed by atoms with van der Waals surface area (Å²) in [6.07, 6.45) is 7.75. The molecule has 0 spiro atoms. The fourth-order valence-corrected chi connectivity index (χ4v) is 5.38. The highest BCUT2D eigenvalue weighted by Gasteiger charge is 2.15. The number of benzene rings is 3. The average molecular weight is 659 g/mol. The molecule has 48 heavy (non-hydrogen) atoms. The van der Waals surface area contributed by atoms with E-state index in [1.54, 1.807) is 0 Å². The number of aliphatic hydroxyl groups is 2. The maximum absolute atomic E-state index is 11.7. The molecule has 0 amide bonds. The van der Waals surface area contributed by atoms with Gasteiger partial charge in [0.25, 0.3) is 0 Å². The van der Waals surface area contributed by atoms with Crippen LogP contribution in [-0.4, -0.2) is 61.8 Å². The fraction of sp³-hybridized carbons (Fsp3) is 0.400. The number of aliphatic hydroxyl groups excluding tert-OH is 2. The Morgan fingerprint density at radius 2 is 1.27 bits per heavy atom. The number of unbranched alkanes of at least 4 members (excludes halogenated alkanes) is 4. The SMILES string of the molecule is C=C(CO)C(=O)OCCOc1ccc(-c2ccc(-c3ccc(OCCOC(=O)C(=C)CO)c(CC)c3)c(C)c2CCCCCCC)cc1. The Balaban J connectivity index is 1.79. The maximum Gasteiger partial charge on any atom is 0.335 e. The number of carbonyl (C=O) groups is 2. The number of carbonyl (C=O) groups excluding carboxylic acids is 2. The predicted octanol–water partition coefficient (Wildman–Crippen LogP) is 7.35. The van der Waals surface area contributed by atoms with Crippen molar-refractivity contribution in [2.75, 3.05) is 39.6 Å². The molecule has 0 atom stereocenters. The van der Waals surface area contributed by atoms with Crippen molar-refractivity contribution in [3.8, 4) is 33.8 Å². The van der Waals surface area contributed by atoms with Gasteiger partial charge in [0, 0.05) is 0 Å². The lowest BCUT2D eigenvalue weighted by atomic mass is 9.87. The number of esters is 2. The van der Waals surface area contributed by atoms with Gasteiger partial charge in [-0.05, 0) is 89.4 Å². The molecule has 0 saturated heterocycles. The van der Waals surface area contributed by atoms with Gasteiger partial charge in [0.05, 0.1) is 24.4 Å². The first-order valence-electron chi connectivity index (χ1n) is 16.8. The van der Waals surface area contributed by atoms with E-state index in [-0.39, 0.29) is 37.6 Å². The topological polar surface area (TPSA) is 112 Å². The molecule has 0 aliphatic carbocycles. The number of aryl methyl sites for hydroxylation is 1. The molecule has 0 heterocycles. The largest absolute Gasteiger partial charge is 0.490 e.